The molecule has 0 bridgehead atoms. The molecule has 1 aliphatic heterocycles. The van der Waals surface area contributed by atoms with Crippen LogP contribution in [-0.4, -0.2) is 48.1 Å². The van der Waals surface area contributed by atoms with Crippen molar-refractivity contribution in [2.24, 2.45) is 10.7 Å². The maximum atomic E-state index is 12.7. The second-order valence-corrected chi connectivity index (χ2v) is 8.20. The number of nitrogens with one attached hydrogen (secondary N) is 1. The van der Waals surface area contributed by atoms with E-state index >= 15 is 0 Å². The number of benzene rings is 1. The lowest BCUT2D eigenvalue weighted by molar-refractivity contribution is -0.0586. The lowest BCUT2D eigenvalue weighted by atomic mass is 10.1. The molecule has 28 heavy (non-hydrogen) atoms. The second kappa shape index (κ2) is 9.92. The molecule has 154 valence electrons. The van der Waals surface area contributed by atoms with Gasteiger partial charge < -0.3 is 20.7 Å². The Bertz CT molecular complexity index is 656. The predicted octanol–water partition coefficient (Wildman–Crippen LogP) is 3.06. The highest BCUT2D eigenvalue weighted by molar-refractivity contribution is 5.94. The Balaban J connectivity index is 1.52. The summed E-state index contributed by atoms with van der Waals surface area (Å²) in [6.45, 7) is 5.80. The number of carbonyl (C=O) groups excluding carboxylic acids is 1. The monoisotopic (exact) mass is 386 g/mol. The zero-order chi connectivity index (χ0) is 19.9. The van der Waals surface area contributed by atoms with E-state index in [-0.39, 0.29) is 18.1 Å². The minimum absolute atomic E-state index is 0.0617. The summed E-state index contributed by atoms with van der Waals surface area (Å²) in [6, 6.07) is 8.13. The number of morpholine rings is 1. The van der Waals surface area contributed by atoms with Crippen molar-refractivity contribution in [2.45, 2.75) is 77.2 Å². The fraction of sp³-hybridized carbons (Fsp3) is 0.636. The van der Waals surface area contributed by atoms with Crippen LogP contribution in [0.3, 0.4) is 0 Å². The summed E-state index contributed by atoms with van der Waals surface area (Å²) in [5.74, 6) is 0.579. The van der Waals surface area contributed by atoms with E-state index in [9.17, 15) is 4.79 Å². The van der Waals surface area contributed by atoms with Gasteiger partial charge in [-0.3, -0.25) is 4.79 Å². The Morgan fingerprint density at radius 1 is 1.11 bits per heavy atom. The molecule has 1 aliphatic carbocycles. The molecule has 1 heterocycles. The van der Waals surface area contributed by atoms with Crippen LogP contribution in [0.2, 0.25) is 0 Å². The number of guanidine groups is 1. The maximum absolute atomic E-state index is 12.7. The molecule has 3 N–H and O–H groups in total. The van der Waals surface area contributed by atoms with E-state index in [1.165, 1.54) is 38.5 Å². The third kappa shape index (κ3) is 5.96. The summed E-state index contributed by atoms with van der Waals surface area (Å²) in [7, 11) is 0. The minimum Gasteiger partial charge on any atom is -0.372 e. The number of amides is 1. The Morgan fingerprint density at radius 2 is 1.71 bits per heavy atom. The molecule has 0 aromatic heterocycles. The summed E-state index contributed by atoms with van der Waals surface area (Å²) in [4.78, 5) is 19.1. The first kappa shape index (κ1) is 20.6. The topological polar surface area (TPSA) is 80.0 Å². The van der Waals surface area contributed by atoms with Gasteiger partial charge in [0, 0.05) is 24.7 Å². The normalized spacial score (nSPS) is 24.6. The van der Waals surface area contributed by atoms with Crippen LogP contribution in [0.1, 0.15) is 68.3 Å². The van der Waals surface area contributed by atoms with Crippen molar-refractivity contribution in [3.8, 4) is 0 Å². The quantitative estimate of drug-likeness (QED) is 0.473. The van der Waals surface area contributed by atoms with Gasteiger partial charge in [-0.05, 0) is 44.4 Å². The third-order valence-corrected chi connectivity index (χ3v) is 5.55. The molecule has 6 heteroatoms. The van der Waals surface area contributed by atoms with Crippen LogP contribution in [0.15, 0.2) is 29.3 Å². The van der Waals surface area contributed by atoms with Crippen molar-refractivity contribution < 1.29 is 9.53 Å². The average Bonchev–Trinajstić information content (AvgIpc) is 2.94. The van der Waals surface area contributed by atoms with Crippen molar-refractivity contribution >= 4 is 11.9 Å². The van der Waals surface area contributed by atoms with Crippen LogP contribution in [-0.2, 0) is 11.3 Å². The van der Waals surface area contributed by atoms with Crippen molar-refractivity contribution in [2.75, 3.05) is 13.1 Å². The lowest BCUT2D eigenvalue weighted by Gasteiger charge is -2.35. The molecule has 0 radical (unpaired) electrons. The summed E-state index contributed by atoms with van der Waals surface area (Å²) in [5.41, 5.74) is 7.83. The van der Waals surface area contributed by atoms with Gasteiger partial charge in [0.15, 0.2) is 5.96 Å². The second-order valence-electron chi connectivity index (χ2n) is 8.20. The van der Waals surface area contributed by atoms with Crippen molar-refractivity contribution in [3.63, 3.8) is 0 Å². The van der Waals surface area contributed by atoms with Crippen LogP contribution in [0, 0.1) is 0 Å². The first-order valence-corrected chi connectivity index (χ1v) is 10.6. The maximum Gasteiger partial charge on any atom is 0.254 e. The Kier molecular flexibility index (Phi) is 7.31. The zero-order valence-corrected chi connectivity index (χ0v) is 17.2. The fourth-order valence-electron chi connectivity index (χ4n) is 4.13. The molecule has 1 amide bonds. The molecule has 1 aromatic carbocycles. The number of hydrogen-bond donors (Lipinski definition) is 2. The number of rotatable bonds is 4. The van der Waals surface area contributed by atoms with Crippen LogP contribution in [0.4, 0.5) is 0 Å². The number of nitrogens with two attached hydrogens (primary N) is 1. The summed E-state index contributed by atoms with van der Waals surface area (Å²) in [6.07, 6.45) is 7.67. The number of carbonyl (C=O) groups is 1. The Morgan fingerprint density at radius 3 is 2.32 bits per heavy atom. The molecule has 2 unspecified atom stereocenters. The van der Waals surface area contributed by atoms with Gasteiger partial charge in [-0.1, -0.05) is 37.8 Å². The number of hydrogen-bond acceptors (Lipinski definition) is 3. The van der Waals surface area contributed by atoms with Gasteiger partial charge in [0.25, 0.3) is 5.91 Å². The smallest absolute Gasteiger partial charge is 0.254 e. The molecule has 0 spiro atoms. The zero-order valence-electron chi connectivity index (χ0n) is 17.2. The standard InChI is InChI=1S/C22H34N4O2/c1-16-14-26(15-17(2)28-16)21(27)19-11-9-18(10-12-19)13-24-22(23)25-20-7-5-3-4-6-8-20/h9-12,16-17,20H,3-8,13-15H2,1-2H3,(H3,23,24,25). The van der Waals surface area contributed by atoms with E-state index in [1.54, 1.807) is 0 Å². The van der Waals surface area contributed by atoms with Gasteiger partial charge in [-0.2, -0.15) is 0 Å². The SMILES string of the molecule is CC1CN(C(=O)c2ccc(CN=C(N)NC3CCCCCC3)cc2)CC(C)O1. The molecular formula is C22H34N4O2. The summed E-state index contributed by atoms with van der Waals surface area (Å²) >= 11 is 0. The largest absolute Gasteiger partial charge is 0.372 e. The van der Waals surface area contributed by atoms with Gasteiger partial charge >= 0.3 is 0 Å². The third-order valence-electron chi connectivity index (χ3n) is 5.55. The Labute approximate surface area is 168 Å². The predicted molar refractivity (Wildman–Crippen MR) is 112 cm³/mol. The van der Waals surface area contributed by atoms with E-state index in [0.717, 1.165) is 5.56 Å². The van der Waals surface area contributed by atoms with Crippen molar-refractivity contribution in [3.05, 3.63) is 35.4 Å². The molecule has 2 fully saturated rings. The highest BCUT2D eigenvalue weighted by Gasteiger charge is 2.26. The molecule has 6 nitrogen and oxygen atoms in total. The van der Waals surface area contributed by atoms with Crippen molar-refractivity contribution in [1.29, 1.82) is 0 Å². The minimum atomic E-state index is 0.0617. The molecule has 3 rings (SSSR count). The Hall–Kier alpha value is -2.08. The van der Waals surface area contributed by atoms with Crippen LogP contribution >= 0.6 is 0 Å². The molecule has 1 saturated carbocycles. The molecule has 2 atom stereocenters. The van der Waals surface area contributed by atoms with Gasteiger partial charge in [0.05, 0.1) is 18.8 Å². The molecule has 1 aromatic rings. The van der Waals surface area contributed by atoms with Gasteiger partial charge in [-0.15, -0.1) is 0 Å². The van der Waals surface area contributed by atoms with Crippen molar-refractivity contribution in [1.82, 2.24) is 10.2 Å². The lowest BCUT2D eigenvalue weighted by Crippen LogP contribution is -2.48. The fourth-order valence-corrected chi connectivity index (χ4v) is 4.13. The van der Waals surface area contributed by atoms with E-state index in [4.69, 9.17) is 10.5 Å². The average molecular weight is 387 g/mol. The first-order valence-electron chi connectivity index (χ1n) is 10.6. The highest BCUT2D eigenvalue weighted by Crippen LogP contribution is 2.17. The van der Waals surface area contributed by atoms with Crippen LogP contribution < -0.4 is 11.1 Å². The number of nitrogens with zero attached hydrogens (tertiary/aromatic N) is 2. The van der Waals surface area contributed by atoms with Gasteiger partial charge in [-0.25, -0.2) is 4.99 Å². The summed E-state index contributed by atoms with van der Waals surface area (Å²) < 4.78 is 5.71. The first-order chi connectivity index (χ1) is 13.5. The number of aliphatic imine (C=N–C) groups is 1. The number of ether oxygens (including phenoxy) is 1. The molecule has 2 aliphatic rings. The van der Waals surface area contributed by atoms with Gasteiger partial charge in [0.2, 0.25) is 0 Å². The van der Waals surface area contributed by atoms with Gasteiger partial charge in [0.1, 0.15) is 0 Å². The molecular weight excluding hydrogens is 352 g/mol. The summed E-state index contributed by atoms with van der Waals surface area (Å²) in [5, 5.41) is 3.37. The van der Waals surface area contributed by atoms with E-state index in [2.05, 4.69) is 10.3 Å². The van der Waals surface area contributed by atoms with Crippen LogP contribution in [0.25, 0.3) is 0 Å². The van der Waals surface area contributed by atoms with Crippen LogP contribution in [0.5, 0.6) is 0 Å². The van der Waals surface area contributed by atoms with E-state index in [1.807, 2.05) is 43.0 Å². The highest BCUT2D eigenvalue weighted by atomic mass is 16.5. The van der Waals surface area contributed by atoms with E-state index in [0.29, 0.717) is 37.2 Å². The molecule has 1 saturated heterocycles. The van der Waals surface area contributed by atoms with E-state index < -0.39 is 0 Å².